The van der Waals surface area contributed by atoms with E-state index in [9.17, 15) is 9.18 Å². The molecule has 7 heteroatoms. The largest absolute Gasteiger partial charge is 0.494 e. The molecule has 0 saturated heterocycles. The summed E-state index contributed by atoms with van der Waals surface area (Å²) in [5.74, 6) is 0.129. The number of ether oxygens (including phenoxy) is 2. The first-order valence-electron chi connectivity index (χ1n) is 8.96. The van der Waals surface area contributed by atoms with Gasteiger partial charge in [-0.3, -0.25) is 10.1 Å². The van der Waals surface area contributed by atoms with Crippen LogP contribution < -0.4 is 14.8 Å². The average Bonchev–Trinajstić information content (AvgIpc) is 3.35. The molecule has 0 spiro atoms. The first-order chi connectivity index (χ1) is 13.6. The van der Waals surface area contributed by atoms with E-state index in [4.69, 9.17) is 9.47 Å². The van der Waals surface area contributed by atoms with E-state index in [1.54, 1.807) is 17.5 Å². The van der Waals surface area contributed by atoms with Crippen molar-refractivity contribution in [2.75, 3.05) is 19.0 Å². The van der Waals surface area contributed by atoms with Gasteiger partial charge in [-0.1, -0.05) is 6.07 Å². The molecule has 1 aliphatic rings. The Kier molecular flexibility index (Phi) is 5.25. The van der Waals surface area contributed by atoms with Gasteiger partial charge in [0.25, 0.3) is 5.91 Å². The molecule has 1 heterocycles. The van der Waals surface area contributed by atoms with Crippen LogP contribution in [-0.4, -0.2) is 24.6 Å². The summed E-state index contributed by atoms with van der Waals surface area (Å²) >= 11 is 1.27. The number of nitrogens with zero attached hydrogens (tertiary/aromatic N) is 1. The molecular formula is C21H19FN2O3S. The van der Waals surface area contributed by atoms with E-state index < -0.39 is 5.82 Å². The van der Waals surface area contributed by atoms with Gasteiger partial charge < -0.3 is 9.47 Å². The molecular weight excluding hydrogens is 379 g/mol. The number of hydrogen-bond donors (Lipinski definition) is 1. The molecule has 0 aliphatic heterocycles. The van der Waals surface area contributed by atoms with E-state index in [0.29, 0.717) is 22.1 Å². The number of thiazole rings is 1. The minimum absolute atomic E-state index is 0.0924. The molecule has 4 rings (SSSR count). The van der Waals surface area contributed by atoms with Crippen LogP contribution in [0.5, 0.6) is 11.5 Å². The van der Waals surface area contributed by atoms with Crippen LogP contribution in [0.4, 0.5) is 9.52 Å². The van der Waals surface area contributed by atoms with Gasteiger partial charge in [0.2, 0.25) is 0 Å². The van der Waals surface area contributed by atoms with Crippen LogP contribution in [0.2, 0.25) is 0 Å². The first-order valence-corrected chi connectivity index (χ1v) is 9.84. The second-order valence-electron chi connectivity index (χ2n) is 6.51. The maximum atomic E-state index is 13.9. The zero-order chi connectivity index (χ0) is 19.5. The molecule has 28 heavy (non-hydrogen) atoms. The van der Waals surface area contributed by atoms with E-state index >= 15 is 0 Å². The Hall–Kier alpha value is -2.93. The predicted molar refractivity (Wildman–Crippen MR) is 107 cm³/mol. The van der Waals surface area contributed by atoms with Crippen LogP contribution in [0.25, 0.3) is 11.3 Å². The molecule has 3 aromatic rings. The van der Waals surface area contributed by atoms with Crippen LogP contribution in [0.3, 0.4) is 0 Å². The standard InChI is InChI=1S/C21H19FN2O3S/c1-26-19-8-6-15(10-17(19)22)18-12-28-21(23-18)24-20(25)11-27-16-7-5-13-3-2-4-14(13)9-16/h5-10,12H,2-4,11H2,1H3,(H,23,24,25). The first kappa shape index (κ1) is 18.4. The Morgan fingerprint density at radius 3 is 2.89 bits per heavy atom. The van der Waals surface area contributed by atoms with E-state index in [1.165, 1.54) is 42.1 Å². The van der Waals surface area contributed by atoms with Gasteiger partial charge in [-0.05, 0) is 60.7 Å². The van der Waals surface area contributed by atoms with Crippen molar-refractivity contribution >= 4 is 22.4 Å². The van der Waals surface area contributed by atoms with Crippen LogP contribution in [-0.2, 0) is 17.6 Å². The number of carbonyl (C=O) groups excluding carboxylic acids is 1. The highest BCUT2D eigenvalue weighted by Gasteiger charge is 2.13. The Labute approximate surface area is 166 Å². The number of rotatable bonds is 6. The zero-order valence-electron chi connectivity index (χ0n) is 15.3. The van der Waals surface area contributed by atoms with Gasteiger partial charge in [-0.15, -0.1) is 11.3 Å². The highest BCUT2D eigenvalue weighted by Crippen LogP contribution is 2.29. The Bertz CT molecular complexity index is 1020. The van der Waals surface area contributed by atoms with Crippen molar-refractivity contribution in [3.63, 3.8) is 0 Å². The quantitative estimate of drug-likeness (QED) is 0.666. The van der Waals surface area contributed by atoms with E-state index in [2.05, 4.69) is 16.4 Å². The molecule has 1 aromatic heterocycles. The third-order valence-electron chi connectivity index (χ3n) is 4.64. The summed E-state index contributed by atoms with van der Waals surface area (Å²) in [5.41, 5.74) is 3.86. The minimum atomic E-state index is -0.457. The lowest BCUT2D eigenvalue weighted by atomic mass is 10.1. The monoisotopic (exact) mass is 398 g/mol. The molecule has 0 radical (unpaired) electrons. The van der Waals surface area contributed by atoms with Crippen molar-refractivity contribution in [1.82, 2.24) is 4.98 Å². The molecule has 2 aromatic carbocycles. The molecule has 0 saturated carbocycles. The molecule has 1 amide bonds. The number of anilines is 1. The van der Waals surface area contributed by atoms with Crippen LogP contribution in [0, 0.1) is 5.82 Å². The second kappa shape index (κ2) is 7.98. The fraction of sp³-hybridized carbons (Fsp3) is 0.238. The highest BCUT2D eigenvalue weighted by atomic mass is 32.1. The van der Waals surface area contributed by atoms with E-state index in [-0.39, 0.29) is 18.3 Å². The van der Waals surface area contributed by atoms with Crippen molar-refractivity contribution in [3.8, 4) is 22.8 Å². The number of nitrogens with one attached hydrogen (secondary N) is 1. The number of amides is 1. The number of methoxy groups -OCH3 is 1. The van der Waals surface area contributed by atoms with E-state index in [1.807, 2.05) is 12.1 Å². The van der Waals surface area contributed by atoms with Crippen molar-refractivity contribution in [1.29, 1.82) is 0 Å². The maximum absolute atomic E-state index is 13.9. The lowest BCUT2D eigenvalue weighted by Gasteiger charge is -2.07. The number of halogens is 1. The third kappa shape index (κ3) is 3.99. The van der Waals surface area contributed by atoms with Crippen LogP contribution >= 0.6 is 11.3 Å². The van der Waals surface area contributed by atoms with Gasteiger partial charge in [-0.25, -0.2) is 9.37 Å². The molecule has 0 atom stereocenters. The lowest BCUT2D eigenvalue weighted by molar-refractivity contribution is -0.118. The van der Waals surface area contributed by atoms with Gasteiger partial charge in [0.05, 0.1) is 12.8 Å². The molecule has 1 aliphatic carbocycles. The molecule has 1 N–H and O–H groups in total. The van der Waals surface area contributed by atoms with E-state index in [0.717, 1.165) is 12.8 Å². The molecule has 144 valence electrons. The summed E-state index contributed by atoms with van der Waals surface area (Å²) in [4.78, 5) is 16.5. The summed E-state index contributed by atoms with van der Waals surface area (Å²) in [5, 5.41) is 4.92. The highest BCUT2D eigenvalue weighted by molar-refractivity contribution is 7.14. The van der Waals surface area contributed by atoms with Gasteiger partial charge in [0.15, 0.2) is 23.3 Å². The maximum Gasteiger partial charge on any atom is 0.264 e. The van der Waals surface area contributed by atoms with Crippen molar-refractivity contribution in [3.05, 3.63) is 58.7 Å². The fourth-order valence-corrected chi connectivity index (χ4v) is 3.97. The molecule has 0 bridgehead atoms. The van der Waals surface area contributed by atoms with Crippen LogP contribution in [0.15, 0.2) is 41.8 Å². The summed E-state index contributed by atoms with van der Waals surface area (Å²) in [6.07, 6.45) is 3.34. The van der Waals surface area contributed by atoms with Gasteiger partial charge >= 0.3 is 0 Å². The molecule has 5 nitrogen and oxygen atoms in total. The van der Waals surface area contributed by atoms with Crippen LogP contribution in [0.1, 0.15) is 17.5 Å². The predicted octanol–water partition coefficient (Wildman–Crippen LogP) is 4.46. The number of hydrogen-bond acceptors (Lipinski definition) is 5. The summed E-state index contributed by atoms with van der Waals surface area (Å²) in [6.45, 7) is -0.0924. The number of aryl methyl sites for hydroxylation is 2. The minimum Gasteiger partial charge on any atom is -0.494 e. The number of carbonyl (C=O) groups is 1. The molecule has 0 unspecified atom stereocenters. The molecule has 0 fully saturated rings. The second-order valence-corrected chi connectivity index (χ2v) is 7.37. The zero-order valence-corrected chi connectivity index (χ0v) is 16.1. The van der Waals surface area contributed by atoms with Crippen molar-refractivity contribution in [2.24, 2.45) is 0 Å². The number of aromatic nitrogens is 1. The SMILES string of the molecule is COc1ccc(-c2csc(NC(=O)COc3ccc4c(c3)CCC4)n2)cc1F. The Morgan fingerprint density at radius 1 is 1.21 bits per heavy atom. The summed E-state index contributed by atoms with van der Waals surface area (Å²) in [7, 11) is 1.42. The van der Waals surface area contributed by atoms with Gasteiger partial charge in [0, 0.05) is 10.9 Å². The Morgan fingerprint density at radius 2 is 2.07 bits per heavy atom. The summed E-state index contributed by atoms with van der Waals surface area (Å²) < 4.78 is 24.4. The lowest BCUT2D eigenvalue weighted by Crippen LogP contribution is -2.20. The van der Waals surface area contributed by atoms with Crippen molar-refractivity contribution < 1.29 is 18.7 Å². The van der Waals surface area contributed by atoms with Crippen molar-refractivity contribution in [2.45, 2.75) is 19.3 Å². The summed E-state index contributed by atoms with van der Waals surface area (Å²) in [6, 6.07) is 10.6. The smallest absolute Gasteiger partial charge is 0.264 e. The topological polar surface area (TPSA) is 60.5 Å². The normalized spacial score (nSPS) is 12.5. The third-order valence-corrected chi connectivity index (χ3v) is 5.40. The fourth-order valence-electron chi connectivity index (χ4n) is 3.23. The average molecular weight is 398 g/mol. The van der Waals surface area contributed by atoms with Gasteiger partial charge in [-0.2, -0.15) is 0 Å². The number of fused-ring (bicyclic) bond motifs is 1. The Balaban J connectivity index is 1.36. The number of benzene rings is 2. The van der Waals surface area contributed by atoms with Gasteiger partial charge in [0.1, 0.15) is 5.75 Å².